The molecule has 1 heterocycles. The van der Waals surface area contributed by atoms with E-state index in [9.17, 15) is 0 Å². The van der Waals surface area contributed by atoms with Crippen molar-refractivity contribution in [1.82, 2.24) is 0 Å². The summed E-state index contributed by atoms with van der Waals surface area (Å²) in [5.41, 5.74) is 0. The van der Waals surface area contributed by atoms with Gasteiger partial charge in [0, 0.05) is 6.42 Å². The van der Waals surface area contributed by atoms with Crippen LogP contribution in [0.15, 0.2) is 12.7 Å². The highest BCUT2D eigenvalue weighted by Crippen LogP contribution is 2.22. The molecule has 0 radical (unpaired) electrons. The molecule has 1 aliphatic heterocycles. The van der Waals surface area contributed by atoms with Crippen LogP contribution in [0.25, 0.3) is 0 Å². The van der Waals surface area contributed by atoms with Gasteiger partial charge in [-0.1, -0.05) is 6.58 Å². The molecule has 0 aromatic heterocycles. The van der Waals surface area contributed by atoms with Crippen LogP contribution in [0, 0.1) is 0 Å². The van der Waals surface area contributed by atoms with Crippen molar-refractivity contribution < 1.29 is 9.84 Å². The molecule has 2 nitrogen and oxygen atoms in total. The van der Waals surface area contributed by atoms with Crippen molar-refractivity contribution in [1.29, 1.82) is 0 Å². The van der Waals surface area contributed by atoms with Crippen LogP contribution >= 0.6 is 0 Å². The van der Waals surface area contributed by atoms with Crippen molar-refractivity contribution in [3.63, 3.8) is 0 Å². The molecule has 7 heavy (non-hydrogen) atoms. The Labute approximate surface area is 42.4 Å². The summed E-state index contributed by atoms with van der Waals surface area (Å²) in [6.07, 6.45) is 2.10. The monoisotopic (exact) mass is 100 g/mol. The van der Waals surface area contributed by atoms with E-state index >= 15 is 0 Å². The van der Waals surface area contributed by atoms with Crippen LogP contribution in [-0.2, 0) is 4.74 Å². The number of hydrogen-bond acceptors (Lipinski definition) is 2. The van der Waals surface area contributed by atoms with Crippen molar-refractivity contribution >= 4 is 0 Å². The fourth-order valence-corrected chi connectivity index (χ4v) is 0.472. The zero-order valence-electron chi connectivity index (χ0n) is 4.05. The van der Waals surface area contributed by atoms with E-state index < -0.39 is 5.79 Å². The van der Waals surface area contributed by atoms with Gasteiger partial charge in [0.1, 0.15) is 0 Å². The molecule has 1 rings (SSSR count). The molecule has 0 aliphatic carbocycles. The Morgan fingerprint density at radius 2 is 2.43 bits per heavy atom. The minimum Gasteiger partial charge on any atom is -0.362 e. The Morgan fingerprint density at radius 3 is 2.43 bits per heavy atom. The second-order valence-electron chi connectivity index (χ2n) is 1.65. The quantitative estimate of drug-likeness (QED) is 0.479. The van der Waals surface area contributed by atoms with Crippen LogP contribution in [0.3, 0.4) is 0 Å². The highest BCUT2D eigenvalue weighted by molar-refractivity contribution is 4.92. The van der Waals surface area contributed by atoms with Crippen molar-refractivity contribution in [3.05, 3.63) is 12.7 Å². The lowest BCUT2D eigenvalue weighted by Crippen LogP contribution is -2.40. The molecule has 0 aromatic carbocycles. The van der Waals surface area contributed by atoms with Gasteiger partial charge in [-0.3, -0.25) is 0 Å². The summed E-state index contributed by atoms with van der Waals surface area (Å²) < 4.78 is 4.70. The predicted octanol–water partition coefficient (Wildman–Crippen LogP) is 0.281. The van der Waals surface area contributed by atoms with E-state index in [4.69, 9.17) is 9.84 Å². The van der Waals surface area contributed by atoms with Crippen LogP contribution in [0.4, 0.5) is 0 Å². The van der Waals surface area contributed by atoms with Crippen LogP contribution in [0.2, 0.25) is 0 Å². The maximum absolute atomic E-state index is 8.88. The molecule has 40 valence electrons. The van der Waals surface area contributed by atoms with Gasteiger partial charge >= 0.3 is 0 Å². The van der Waals surface area contributed by atoms with Crippen LogP contribution in [0.5, 0.6) is 0 Å². The van der Waals surface area contributed by atoms with E-state index in [1.807, 2.05) is 0 Å². The third-order valence-corrected chi connectivity index (χ3v) is 1.13. The standard InChI is InChI=1S/C5H8O2/c1-2-5(6)3-4-7-5/h2,6H,1,3-4H2. The molecule has 1 aliphatic rings. The Kier molecular flexibility index (Phi) is 0.905. The SMILES string of the molecule is C=CC1(O)CCO1. The summed E-state index contributed by atoms with van der Waals surface area (Å²) in [5, 5.41) is 8.88. The average molecular weight is 100 g/mol. The van der Waals surface area contributed by atoms with Crippen molar-refractivity contribution in [3.8, 4) is 0 Å². The van der Waals surface area contributed by atoms with Gasteiger partial charge in [0.2, 0.25) is 0 Å². The highest BCUT2D eigenvalue weighted by Gasteiger charge is 2.31. The lowest BCUT2D eigenvalue weighted by molar-refractivity contribution is -0.247. The lowest BCUT2D eigenvalue weighted by Gasteiger charge is -2.33. The molecule has 0 spiro atoms. The van der Waals surface area contributed by atoms with Gasteiger partial charge in [0.25, 0.3) is 0 Å². The molecule has 0 amide bonds. The summed E-state index contributed by atoms with van der Waals surface area (Å²) in [7, 11) is 0. The summed E-state index contributed by atoms with van der Waals surface area (Å²) >= 11 is 0. The lowest BCUT2D eigenvalue weighted by atomic mass is 10.1. The number of rotatable bonds is 1. The maximum atomic E-state index is 8.88. The van der Waals surface area contributed by atoms with Crippen molar-refractivity contribution in [2.24, 2.45) is 0 Å². The first-order chi connectivity index (χ1) is 3.27. The molecule has 2 heteroatoms. The second kappa shape index (κ2) is 1.32. The van der Waals surface area contributed by atoms with Crippen LogP contribution < -0.4 is 0 Å². The molecule has 1 fully saturated rings. The van der Waals surface area contributed by atoms with Gasteiger partial charge < -0.3 is 9.84 Å². The first-order valence-corrected chi connectivity index (χ1v) is 2.27. The van der Waals surface area contributed by atoms with E-state index in [1.54, 1.807) is 0 Å². The molecule has 1 atom stereocenters. The van der Waals surface area contributed by atoms with Crippen LogP contribution in [0.1, 0.15) is 6.42 Å². The minimum atomic E-state index is -0.972. The van der Waals surface area contributed by atoms with E-state index in [2.05, 4.69) is 6.58 Å². The Morgan fingerprint density at radius 1 is 1.86 bits per heavy atom. The highest BCUT2D eigenvalue weighted by atomic mass is 16.6. The zero-order chi connectivity index (χ0) is 5.33. The van der Waals surface area contributed by atoms with Gasteiger partial charge in [-0.25, -0.2) is 0 Å². The topological polar surface area (TPSA) is 29.5 Å². The fraction of sp³-hybridized carbons (Fsp3) is 0.600. The first-order valence-electron chi connectivity index (χ1n) is 2.27. The molecule has 0 aromatic rings. The van der Waals surface area contributed by atoms with Crippen molar-refractivity contribution in [2.75, 3.05) is 6.61 Å². The molecule has 1 N–H and O–H groups in total. The molecular weight excluding hydrogens is 92.1 g/mol. The molecule has 0 saturated carbocycles. The van der Waals surface area contributed by atoms with E-state index in [0.717, 1.165) is 0 Å². The smallest absolute Gasteiger partial charge is 0.187 e. The summed E-state index contributed by atoms with van der Waals surface area (Å²) in [5.74, 6) is -0.972. The Bertz CT molecular complexity index is 84.1. The Hall–Kier alpha value is -0.340. The molecular formula is C5H8O2. The van der Waals surface area contributed by atoms with Gasteiger partial charge in [-0.2, -0.15) is 0 Å². The normalized spacial score (nSPS) is 39.6. The van der Waals surface area contributed by atoms with E-state index in [-0.39, 0.29) is 0 Å². The van der Waals surface area contributed by atoms with Gasteiger partial charge in [-0.05, 0) is 6.08 Å². The van der Waals surface area contributed by atoms with Crippen molar-refractivity contribution in [2.45, 2.75) is 12.2 Å². The number of ether oxygens (including phenoxy) is 1. The largest absolute Gasteiger partial charge is 0.362 e. The third kappa shape index (κ3) is 0.667. The Balaban J connectivity index is 2.43. The number of aliphatic hydroxyl groups is 1. The summed E-state index contributed by atoms with van der Waals surface area (Å²) in [4.78, 5) is 0. The molecule has 1 saturated heterocycles. The first kappa shape index (κ1) is 4.81. The van der Waals surface area contributed by atoms with Gasteiger partial charge in [-0.15, -0.1) is 0 Å². The second-order valence-corrected chi connectivity index (χ2v) is 1.65. The predicted molar refractivity (Wildman–Crippen MR) is 25.7 cm³/mol. The molecule has 1 unspecified atom stereocenters. The number of hydrogen-bond donors (Lipinski definition) is 1. The average Bonchev–Trinajstić information content (AvgIpc) is 1.61. The fourth-order valence-electron chi connectivity index (χ4n) is 0.472. The zero-order valence-corrected chi connectivity index (χ0v) is 4.05. The maximum Gasteiger partial charge on any atom is 0.187 e. The van der Waals surface area contributed by atoms with Crippen LogP contribution in [-0.4, -0.2) is 17.5 Å². The third-order valence-electron chi connectivity index (χ3n) is 1.13. The van der Waals surface area contributed by atoms with Gasteiger partial charge in [0.05, 0.1) is 6.61 Å². The van der Waals surface area contributed by atoms with E-state index in [1.165, 1.54) is 6.08 Å². The van der Waals surface area contributed by atoms with E-state index in [0.29, 0.717) is 13.0 Å². The summed E-state index contributed by atoms with van der Waals surface area (Å²) in [6, 6.07) is 0. The molecule has 0 bridgehead atoms. The van der Waals surface area contributed by atoms with Gasteiger partial charge in [0.15, 0.2) is 5.79 Å². The summed E-state index contributed by atoms with van der Waals surface area (Å²) in [6.45, 7) is 4.03. The minimum absolute atomic E-state index is 0.655.